The molecule has 0 heteroatoms. The van der Waals surface area contributed by atoms with Gasteiger partial charge in [-0.2, -0.15) is 0 Å². The molecule has 0 N–H and O–H groups in total. The van der Waals surface area contributed by atoms with Crippen LogP contribution >= 0.6 is 0 Å². The topological polar surface area (TPSA) is 0 Å². The van der Waals surface area contributed by atoms with E-state index in [2.05, 4.69) is 76.2 Å². The summed E-state index contributed by atoms with van der Waals surface area (Å²) in [5, 5.41) is 11.2. The van der Waals surface area contributed by atoms with E-state index in [0.29, 0.717) is 0 Å². The van der Waals surface area contributed by atoms with E-state index in [4.69, 9.17) is 0 Å². The molecule has 0 aliphatic rings. The fraction of sp³-hybridized carbons (Fsp3) is 0.167. The lowest BCUT2D eigenvalue weighted by molar-refractivity contribution is 1.39. The summed E-state index contributed by atoms with van der Waals surface area (Å²) in [6.45, 7) is 8.96. The van der Waals surface area contributed by atoms with Crippen molar-refractivity contribution in [1.29, 1.82) is 0 Å². The van der Waals surface area contributed by atoms with Crippen LogP contribution < -0.4 is 0 Å². The molecule has 0 saturated heterocycles. The lowest BCUT2D eigenvalue weighted by atomic mass is 9.84. The Hall–Kier alpha value is -2.60. The van der Waals surface area contributed by atoms with Crippen LogP contribution in [0.25, 0.3) is 43.1 Å². The van der Waals surface area contributed by atoms with Crippen molar-refractivity contribution in [1.82, 2.24) is 0 Å². The monoisotopic (exact) mass is 308 g/mol. The third-order valence-electron chi connectivity index (χ3n) is 5.82. The fourth-order valence-corrected chi connectivity index (χ4v) is 4.56. The average Bonchev–Trinajstić information content (AvgIpc) is 2.57. The third-order valence-corrected chi connectivity index (χ3v) is 5.82. The SMILES string of the molecule is Cc1cc2cccc3c4ccc(C)c5c(C)ccc(c(c1C)c23)c54. The minimum atomic E-state index is 1.35. The molecular formula is C24H20. The number of aryl methyl sites for hydroxylation is 4. The maximum atomic E-state index is 2.34. The first-order chi connectivity index (χ1) is 11.6. The minimum absolute atomic E-state index is 1.35. The second-order valence-corrected chi connectivity index (χ2v) is 7.21. The second-order valence-electron chi connectivity index (χ2n) is 7.21. The van der Waals surface area contributed by atoms with E-state index < -0.39 is 0 Å². The van der Waals surface area contributed by atoms with Gasteiger partial charge in [0.25, 0.3) is 0 Å². The quantitative estimate of drug-likeness (QED) is 0.214. The molecule has 0 aliphatic heterocycles. The number of hydrogen-bond donors (Lipinski definition) is 0. The van der Waals surface area contributed by atoms with Crippen molar-refractivity contribution in [2.24, 2.45) is 0 Å². The highest BCUT2D eigenvalue weighted by atomic mass is 14.2. The Balaban J connectivity index is 2.30. The molecule has 0 aromatic heterocycles. The fourth-order valence-electron chi connectivity index (χ4n) is 4.56. The Kier molecular flexibility index (Phi) is 2.58. The van der Waals surface area contributed by atoms with Gasteiger partial charge in [-0.15, -0.1) is 0 Å². The van der Waals surface area contributed by atoms with Crippen molar-refractivity contribution in [3.63, 3.8) is 0 Å². The molecule has 0 heterocycles. The van der Waals surface area contributed by atoms with Gasteiger partial charge >= 0.3 is 0 Å². The van der Waals surface area contributed by atoms with E-state index >= 15 is 0 Å². The minimum Gasteiger partial charge on any atom is -0.0610 e. The maximum Gasteiger partial charge on any atom is -0.00209 e. The Labute approximate surface area is 142 Å². The molecule has 5 rings (SSSR count). The predicted molar refractivity (Wildman–Crippen MR) is 107 cm³/mol. The molecule has 116 valence electrons. The smallest absolute Gasteiger partial charge is 0.00209 e. The third kappa shape index (κ3) is 1.54. The highest BCUT2D eigenvalue weighted by molar-refractivity contribution is 6.34. The number of fused-ring (bicyclic) bond motifs is 2. The first kappa shape index (κ1) is 13.8. The van der Waals surface area contributed by atoms with Gasteiger partial charge in [0.05, 0.1) is 0 Å². The Morgan fingerprint density at radius 1 is 0.500 bits per heavy atom. The van der Waals surface area contributed by atoms with Crippen molar-refractivity contribution in [2.45, 2.75) is 27.7 Å². The van der Waals surface area contributed by atoms with Crippen LogP contribution in [0.1, 0.15) is 22.3 Å². The average molecular weight is 308 g/mol. The van der Waals surface area contributed by atoms with Gasteiger partial charge in [-0.3, -0.25) is 0 Å². The van der Waals surface area contributed by atoms with E-state index in [-0.39, 0.29) is 0 Å². The van der Waals surface area contributed by atoms with Gasteiger partial charge in [-0.1, -0.05) is 48.5 Å². The van der Waals surface area contributed by atoms with Crippen LogP contribution in [0.3, 0.4) is 0 Å². The summed E-state index contributed by atoms with van der Waals surface area (Å²) in [6.07, 6.45) is 0. The van der Waals surface area contributed by atoms with Crippen molar-refractivity contribution >= 4 is 43.1 Å². The van der Waals surface area contributed by atoms with E-state index in [9.17, 15) is 0 Å². The summed E-state index contributed by atoms with van der Waals surface area (Å²) in [5.41, 5.74) is 5.52. The van der Waals surface area contributed by atoms with Crippen LogP contribution in [0.5, 0.6) is 0 Å². The van der Waals surface area contributed by atoms with Gasteiger partial charge in [-0.05, 0) is 93.0 Å². The largest absolute Gasteiger partial charge is 0.0610 e. The molecule has 5 aromatic carbocycles. The van der Waals surface area contributed by atoms with Crippen LogP contribution in [-0.2, 0) is 0 Å². The van der Waals surface area contributed by atoms with E-state index in [0.717, 1.165) is 0 Å². The molecule has 0 saturated carbocycles. The summed E-state index contributed by atoms with van der Waals surface area (Å²) in [4.78, 5) is 0. The Morgan fingerprint density at radius 3 is 1.92 bits per heavy atom. The van der Waals surface area contributed by atoms with Gasteiger partial charge in [-0.25, -0.2) is 0 Å². The van der Waals surface area contributed by atoms with Crippen LogP contribution in [0.15, 0.2) is 48.5 Å². The first-order valence-electron chi connectivity index (χ1n) is 8.64. The van der Waals surface area contributed by atoms with Gasteiger partial charge < -0.3 is 0 Å². The first-order valence-corrected chi connectivity index (χ1v) is 8.64. The molecule has 0 atom stereocenters. The Bertz CT molecular complexity index is 1260. The molecule has 0 nitrogen and oxygen atoms in total. The lowest BCUT2D eigenvalue weighted by Gasteiger charge is -2.19. The summed E-state index contributed by atoms with van der Waals surface area (Å²) in [5.74, 6) is 0. The summed E-state index contributed by atoms with van der Waals surface area (Å²) < 4.78 is 0. The molecule has 0 fully saturated rings. The standard InChI is InChI=1S/C24H20/c1-13-8-10-19-18-7-5-6-17-12-15(3)16(4)22(23(17)18)20-11-9-14(2)21(13)24(19)20/h5-12H,1-4H3. The zero-order valence-electron chi connectivity index (χ0n) is 14.6. The molecule has 5 aromatic rings. The van der Waals surface area contributed by atoms with Gasteiger partial charge in [0.2, 0.25) is 0 Å². The molecular weight excluding hydrogens is 288 g/mol. The number of benzene rings is 5. The maximum absolute atomic E-state index is 2.34. The molecule has 0 spiro atoms. The van der Waals surface area contributed by atoms with Crippen molar-refractivity contribution in [3.8, 4) is 0 Å². The van der Waals surface area contributed by atoms with Crippen molar-refractivity contribution < 1.29 is 0 Å². The highest BCUT2D eigenvalue weighted by Gasteiger charge is 2.16. The van der Waals surface area contributed by atoms with Crippen molar-refractivity contribution in [2.75, 3.05) is 0 Å². The molecule has 0 unspecified atom stereocenters. The highest BCUT2D eigenvalue weighted by Crippen LogP contribution is 2.43. The van der Waals surface area contributed by atoms with E-state index in [1.165, 1.54) is 65.3 Å². The Morgan fingerprint density at radius 2 is 1.17 bits per heavy atom. The summed E-state index contributed by atoms with van der Waals surface area (Å²) in [6, 6.07) is 18.3. The molecule has 24 heavy (non-hydrogen) atoms. The van der Waals surface area contributed by atoms with Gasteiger partial charge in [0.1, 0.15) is 0 Å². The van der Waals surface area contributed by atoms with Crippen LogP contribution in [0.4, 0.5) is 0 Å². The van der Waals surface area contributed by atoms with E-state index in [1.54, 1.807) is 0 Å². The molecule has 0 radical (unpaired) electrons. The predicted octanol–water partition coefficient (Wildman–Crippen LogP) is 6.97. The number of rotatable bonds is 0. The molecule has 0 amide bonds. The van der Waals surface area contributed by atoms with Crippen LogP contribution in [-0.4, -0.2) is 0 Å². The van der Waals surface area contributed by atoms with Crippen LogP contribution in [0, 0.1) is 27.7 Å². The summed E-state index contributed by atoms with van der Waals surface area (Å²) in [7, 11) is 0. The van der Waals surface area contributed by atoms with Gasteiger partial charge in [0, 0.05) is 0 Å². The van der Waals surface area contributed by atoms with Crippen LogP contribution in [0.2, 0.25) is 0 Å². The van der Waals surface area contributed by atoms with Crippen molar-refractivity contribution in [3.05, 3.63) is 70.8 Å². The summed E-state index contributed by atoms with van der Waals surface area (Å²) >= 11 is 0. The zero-order valence-corrected chi connectivity index (χ0v) is 14.6. The molecule has 0 aliphatic carbocycles. The number of hydrogen-bond acceptors (Lipinski definition) is 0. The normalized spacial score (nSPS) is 12.2. The van der Waals surface area contributed by atoms with Gasteiger partial charge in [0.15, 0.2) is 0 Å². The second kappa shape index (κ2) is 4.48. The molecule has 0 bridgehead atoms. The van der Waals surface area contributed by atoms with E-state index in [1.807, 2.05) is 0 Å². The lowest BCUT2D eigenvalue weighted by Crippen LogP contribution is -1.93. The zero-order chi connectivity index (χ0) is 16.6.